The molecule has 0 spiro atoms. The number of piperidine rings is 1. The van der Waals surface area contributed by atoms with Crippen molar-refractivity contribution in [1.82, 2.24) is 9.97 Å². The molecule has 116 valence electrons. The Kier molecular flexibility index (Phi) is 4.56. The first-order chi connectivity index (χ1) is 10.7. The highest BCUT2D eigenvalue weighted by Crippen LogP contribution is 2.22. The number of nitrogens with one attached hydrogen (secondary N) is 1. The molecule has 2 heterocycles. The van der Waals surface area contributed by atoms with E-state index in [9.17, 15) is 0 Å². The largest absolute Gasteiger partial charge is 0.363 e. The van der Waals surface area contributed by atoms with Crippen LogP contribution in [-0.2, 0) is 0 Å². The smallest absolute Gasteiger partial charge is 0.227 e. The van der Waals surface area contributed by atoms with E-state index in [0.717, 1.165) is 30.8 Å². The van der Waals surface area contributed by atoms with Crippen LogP contribution in [-0.4, -0.2) is 23.1 Å². The first-order valence-corrected chi connectivity index (χ1v) is 8.12. The minimum atomic E-state index is 0.227. The lowest BCUT2D eigenvalue weighted by atomic mass is 10.00. The number of anilines is 2. The average molecular weight is 296 g/mol. The van der Waals surface area contributed by atoms with E-state index in [-0.39, 0.29) is 6.04 Å². The van der Waals surface area contributed by atoms with Gasteiger partial charge in [-0.05, 0) is 37.3 Å². The van der Waals surface area contributed by atoms with Crippen molar-refractivity contribution in [3.8, 4) is 0 Å². The van der Waals surface area contributed by atoms with Crippen LogP contribution in [0.15, 0.2) is 42.6 Å². The standard InChI is InChI=1S/C18H24N4/c1-14-9-12-22(13-10-14)18-19-11-8-17(21-18)20-15(2)16-6-4-3-5-7-16/h3-8,11,14-15H,9-10,12-13H2,1-2H3,(H,19,20,21). The molecule has 3 rings (SSSR count). The fourth-order valence-corrected chi connectivity index (χ4v) is 2.84. The fraction of sp³-hybridized carbons (Fsp3) is 0.444. The molecular weight excluding hydrogens is 272 g/mol. The van der Waals surface area contributed by atoms with Gasteiger partial charge in [0.15, 0.2) is 0 Å². The summed E-state index contributed by atoms with van der Waals surface area (Å²) in [5.41, 5.74) is 1.26. The monoisotopic (exact) mass is 296 g/mol. The van der Waals surface area contributed by atoms with E-state index >= 15 is 0 Å². The molecule has 1 saturated heterocycles. The van der Waals surface area contributed by atoms with Crippen LogP contribution >= 0.6 is 0 Å². The Bertz CT molecular complexity index is 591. The second-order valence-electron chi connectivity index (χ2n) is 6.19. The molecule has 1 aliphatic heterocycles. The van der Waals surface area contributed by atoms with E-state index in [0.29, 0.717) is 0 Å². The van der Waals surface area contributed by atoms with E-state index < -0.39 is 0 Å². The maximum Gasteiger partial charge on any atom is 0.227 e. The normalized spacial score (nSPS) is 17.3. The second kappa shape index (κ2) is 6.77. The third-order valence-corrected chi connectivity index (χ3v) is 4.37. The Morgan fingerprint density at radius 1 is 1.14 bits per heavy atom. The van der Waals surface area contributed by atoms with Crippen LogP contribution in [0.5, 0.6) is 0 Å². The van der Waals surface area contributed by atoms with Gasteiger partial charge in [0.1, 0.15) is 5.82 Å². The van der Waals surface area contributed by atoms with Crippen molar-refractivity contribution < 1.29 is 0 Å². The summed E-state index contributed by atoms with van der Waals surface area (Å²) in [4.78, 5) is 11.4. The van der Waals surface area contributed by atoms with Crippen LogP contribution < -0.4 is 10.2 Å². The Balaban J connectivity index is 1.69. The first kappa shape index (κ1) is 14.8. The van der Waals surface area contributed by atoms with E-state index in [2.05, 4.69) is 53.3 Å². The van der Waals surface area contributed by atoms with Gasteiger partial charge in [0.05, 0.1) is 0 Å². The van der Waals surface area contributed by atoms with Gasteiger partial charge >= 0.3 is 0 Å². The molecule has 1 aromatic heterocycles. The highest BCUT2D eigenvalue weighted by molar-refractivity contribution is 5.43. The third-order valence-electron chi connectivity index (χ3n) is 4.37. The van der Waals surface area contributed by atoms with Crippen molar-refractivity contribution >= 4 is 11.8 Å². The molecule has 1 aromatic carbocycles. The molecule has 1 atom stereocenters. The second-order valence-corrected chi connectivity index (χ2v) is 6.19. The molecule has 0 amide bonds. The van der Waals surface area contributed by atoms with E-state index in [1.807, 2.05) is 18.3 Å². The van der Waals surface area contributed by atoms with Crippen LogP contribution in [0.3, 0.4) is 0 Å². The SMILES string of the molecule is CC1CCN(c2nccc(NC(C)c3ccccc3)n2)CC1. The van der Waals surface area contributed by atoms with Gasteiger partial charge in [-0.25, -0.2) is 4.98 Å². The summed E-state index contributed by atoms with van der Waals surface area (Å²) in [5.74, 6) is 2.55. The maximum absolute atomic E-state index is 4.69. The zero-order valence-electron chi connectivity index (χ0n) is 13.4. The molecule has 1 N–H and O–H groups in total. The summed E-state index contributed by atoms with van der Waals surface area (Å²) < 4.78 is 0. The Morgan fingerprint density at radius 2 is 1.86 bits per heavy atom. The third kappa shape index (κ3) is 3.56. The number of hydrogen-bond acceptors (Lipinski definition) is 4. The minimum Gasteiger partial charge on any atom is -0.363 e. The molecule has 22 heavy (non-hydrogen) atoms. The van der Waals surface area contributed by atoms with Crippen molar-refractivity contribution in [2.45, 2.75) is 32.7 Å². The van der Waals surface area contributed by atoms with Crippen LogP contribution in [0, 0.1) is 5.92 Å². The highest BCUT2D eigenvalue weighted by atomic mass is 15.3. The summed E-state index contributed by atoms with van der Waals surface area (Å²) in [7, 11) is 0. The molecule has 2 aromatic rings. The summed E-state index contributed by atoms with van der Waals surface area (Å²) in [5, 5.41) is 3.47. The molecule has 1 aliphatic rings. The summed E-state index contributed by atoms with van der Waals surface area (Å²) >= 11 is 0. The fourth-order valence-electron chi connectivity index (χ4n) is 2.84. The molecular formula is C18H24N4. The Morgan fingerprint density at radius 3 is 2.59 bits per heavy atom. The number of benzene rings is 1. The van der Waals surface area contributed by atoms with Gasteiger partial charge in [-0.1, -0.05) is 37.3 Å². The molecule has 1 unspecified atom stereocenters. The van der Waals surface area contributed by atoms with Gasteiger partial charge in [-0.15, -0.1) is 0 Å². The molecule has 1 fully saturated rings. The highest BCUT2D eigenvalue weighted by Gasteiger charge is 2.18. The minimum absolute atomic E-state index is 0.227. The molecule has 0 aliphatic carbocycles. The van der Waals surface area contributed by atoms with E-state index in [4.69, 9.17) is 4.98 Å². The summed E-state index contributed by atoms with van der Waals surface area (Å²) in [6.45, 7) is 6.58. The van der Waals surface area contributed by atoms with Gasteiger partial charge in [0.2, 0.25) is 5.95 Å². The van der Waals surface area contributed by atoms with Gasteiger partial charge in [0, 0.05) is 25.3 Å². The van der Waals surface area contributed by atoms with Crippen molar-refractivity contribution in [3.63, 3.8) is 0 Å². The van der Waals surface area contributed by atoms with Crippen LogP contribution in [0.4, 0.5) is 11.8 Å². The lowest BCUT2D eigenvalue weighted by molar-refractivity contribution is 0.434. The average Bonchev–Trinajstić information content (AvgIpc) is 2.56. The van der Waals surface area contributed by atoms with E-state index in [1.54, 1.807) is 0 Å². The summed E-state index contributed by atoms with van der Waals surface area (Å²) in [6.07, 6.45) is 4.29. The number of nitrogens with zero attached hydrogens (tertiary/aromatic N) is 3. The zero-order valence-corrected chi connectivity index (χ0v) is 13.4. The van der Waals surface area contributed by atoms with Crippen molar-refractivity contribution in [2.75, 3.05) is 23.3 Å². The molecule has 4 nitrogen and oxygen atoms in total. The lowest BCUT2D eigenvalue weighted by Gasteiger charge is -2.30. The Hall–Kier alpha value is -2.10. The maximum atomic E-state index is 4.69. The molecule has 4 heteroatoms. The number of aromatic nitrogens is 2. The predicted octanol–water partition coefficient (Wildman–Crippen LogP) is 3.89. The van der Waals surface area contributed by atoms with Crippen molar-refractivity contribution in [3.05, 3.63) is 48.2 Å². The predicted molar refractivity (Wildman–Crippen MR) is 91.1 cm³/mol. The number of rotatable bonds is 4. The first-order valence-electron chi connectivity index (χ1n) is 8.12. The molecule has 0 radical (unpaired) electrons. The molecule has 0 bridgehead atoms. The number of hydrogen-bond donors (Lipinski definition) is 1. The van der Waals surface area contributed by atoms with Gasteiger partial charge in [-0.2, -0.15) is 4.98 Å². The van der Waals surface area contributed by atoms with Crippen LogP contribution in [0.2, 0.25) is 0 Å². The van der Waals surface area contributed by atoms with Gasteiger partial charge in [0.25, 0.3) is 0 Å². The lowest BCUT2D eigenvalue weighted by Crippen LogP contribution is -2.34. The van der Waals surface area contributed by atoms with Gasteiger partial charge in [-0.3, -0.25) is 0 Å². The van der Waals surface area contributed by atoms with Gasteiger partial charge < -0.3 is 10.2 Å². The molecule has 0 saturated carbocycles. The van der Waals surface area contributed by atoms with Crippen LogP contribution in [0.1, 0.15) is 38.3 Å². The Labute approximate surface area is 132 Å². The van der Waals surface area contributed by atoms with E-state index in [1.165, 1.54) is 18.4 Å². The quantitative estimate of drug-likeness (QED) is 0.929. The van der Waals surface area contributed by atoms with Crippen LogP contribution in [0.25, 0.3) is 0 Å². The van der Waals surface area contributed by atoms with Crippen molar-refractivity contribution in [2.24, 2.45) is 5.92 Å². The summed E-state index contributed by atoms with van der Waals surface area (Å²) in [6, 6.07) is 12.6. The topological polar surface area (TPSA) is 41.1 Å². The zero-order chi connectivity index (χ0) is 15.4. The van der Waals surface area contributed by atoms with Crippen molar-refractivity contribution in [1.29, 1.82) is 0 Å².